The Labute approximate surface area is 161 Å². The van der Waals surface area contributed by atoms with Crippen molar-refractivity contribution in [1.29, 1.82) is 0 Å². The third-order valence-electron chi connectivity index (χ3n) is 4.20. The first kappa shape index (κ1) is 17.4. The lowest BCUT2D eigenvalue weighted by atomic mass is 9.82. The summed E-state index contributed by atoms with van der Waals surface area (Å²) in [6.07, 6.45) is 6.09. The summed E-state index contributed by atoms with van der Waals surface area (Å²) in [6.45, 7) is 0. The van der Waals surface area contributed by atoms with E-state index in [-0.39, 0.29) is 11.7 Å². The molecule has 3 aromatic heterocycles. The number of rotatable bonds is 5. The van der Waals surface area contributed by atoms with Crippen LogP contribution in [-0.4, -0.2) is 30.9 Å². The molecule has 27 heavy (non-hydrogen) atoms. The third-order valence-corrected chi connectivity index (χ3v) is 6.04. The maximum Gasteiger partial charge on any atom is 0.514 e. The molecule has 8 nitrogen and oxygen atoms in total. The fraction of sp³-hybridized carbons (Fsp3) is 0.176. The average Bonchev–Trinajstić information content (AvgIpc) is 3.41. The molecule has 3 aromatic rings. The van der Waals surface area contributed by atoms with Gasteiger partial charge in [-0.3, -0.25) is 4.79 Å². The molecule has 0 aliphatic heterocycles. The summed E-state index contributed by atoms with van der Waals surface area (Å²) in [6, 6.07) is 7.09. The maximum absolute atomic E-state index is 12.8. The Balaban J connectivity index is 1.68. The zero-order chi connectivity index (χ0) is 18.8. The number of aromatic nitrogens is 4. The number of carbonyl (C=O) groups is 1. The molecule has 4 rings (SSSR count). The van der Waals surface area contributed by atoms with Gasteiger partial charge in [-0.25, -0.2) is 0 Å². The Morgan fingerprint density at radius 2 is 2.04 bits per heavy atom. The number of ketones is 1. The number of carbonyl (C=O) groups excluding carboxylic acids is 1. The van der Waals surface area contributed by atoms with E-state index >= 15 is 0 Å². The molecule has 0 aromatic carbocycles. The van der Waals surface area contributed by atoms with Crippen LogP contribution in [0.2, 0.25) is 0 Å². The van der Waals surface area contributed by atoms with E-state index in [2.05, 4.69) is 15.4 Å². The number of allylic oxidation sites excluding steroid dienone is 3. The molecule has 0 bridgehead atoms. The summed E-state index contributed by atoms with van der Waals surface area (Å²) >= 11 is 3.16. The van der Waals surface area contributed by atoms with Crippen molar-refractivity contribution in [3.63, 3.8) is 0 Å². The summed E-state index contributed by atoms with van der Waals surface area (Å²) in [5, 5.41) is 25.8. The molecule has 1 aliphatic rings. The van der Waals surface area contributed by atoms with Crippen molar-refractivity contribution < 1.29 is 9.72 Å². The number of hydrogen-bond donors (Lipinski definition) is 0. The topological polar surface area (TPSA) is 104 Å². The number of nitrogens with zero attached hydrogens (tertiary/aromatic N) is 5. The fourth-order valence-electron chi connectivity index (χ4n) is 3.02. The molecule has 0 spiro atoms. The van der Waals surface area contributed by atoms with Crippen LogP contribution in [0.4, 0.5) is 5.95 Å². The summed E-state index contributed by atoms with van der Waals surface area (Å²) in [5.74, 6) is -1.02. The second kappa shape index (κ2) is 7.33. The second-order valence-electron chi connectivity index (χ2n) is 5.91. The summed E-state index contributed by atoms with van der Waals surface area (Å²) in [5.41, 5.74) is 0.901. The molecule has 2 unspecified atom stereocenters. The minimum Gasteiger partial charge on any atom is -0.390 e. The van der Waals surface area contributed by atoms with Gasteiger partial charge in [0.25, 0.3) is 0 Å². The van der Waals surface area contributed by atoms with Crippen LogP contribution in [0.3, 0.4) is 0 Å². The number of tetrazole rings is 1. The van der Waals surface area contributed by atoms with Gasteiger partial charge in [0, 0.05) is 20.9 Å². The summed E-state index contributed by atoms with van der Waals surface area (Å²) in [7, 11) is 0. The number of hydrogen-bond acceptors (Lipinski definition) is 8. The van der Waals surface area contributed by atoms with E-state index in [1.165, 1.54) is 11.3 Å². The van der Waals surface area contributed by atoms with E-state index in [1.807, 2.05) is 47.2 Å². The number of thiophene rings is 2. The minimum atomic E-state index is -0.747. The van der Waals surface area contributed by atoms with Gasteiger partial charge in [-0.1, -0.05) is 23.0 Å². The van der Waals surface area contributed by atoms with Crippen LogP contribution in [0, 0.1) is 10.1 Å². The fourth-order valence-corrected chi connectivity index (χ4v) is 4.50. The molecule has 0 fully saturated rings. The van der Waals surface area contributed by atoms with E-state index in [0.29, 0.717) is 6.42 Å². The molecule has 0 saturated heterocycles. The van der Waals surface area contributed by atoms with Gasteiger partial charge >= 0.3 is 5.95 Å². The molecule has 0 radical (unpaired) electrons. The van der Waals surface area contributed by atoms with Crippen LogP contribution in [-0.2, 0) is 4.79 Å². The highest BCUT2D eigenvalue weighted by Gasteiger charge is 2.39. The van der Waals surface area contributed by atoms with Gasteiger partial charge in [0.1, 0.15) is 0 Å². The van der Waals surface area contributed by atoms with Crippen molar-refractivity contribution in [2.75, 3.05) is 0 Å². The van der Waals surface area contributed by atoms with Crippen LogP contribution >= 0.6 is 22.7 Å². The predicted molar refractivity (Wildman–Crippen MR) is 102 cm³/mol. The molecule has 0 N–H and O–H groups in total. The standard InChI is InChI=1S/C17H13N5O3S2/c23-14-10-11(5-6-12-3-1-7-26-12)9-13(15-4-2-8-27-15)16(14)21-19-17(18-20-21)22(24)25/h1-8,10,13,16H,9H2. The van der Waals surface area contributed by atoms with Gasteiger partial charge in [-0.15, -0.1) is 22.7 Å². The summed E-state index contributed by atoms with van der Waals surface area (Å²) < 4.78 is 0. The Morgan fingerprint density at radius 3 is 2.70 bits per heavy atom. The first-order chi connectivity index (χ1) is 13.1. The van der Waals surface area contributed by atoms with E-state index in [9.17, 15) is 14.9 Å². The molecular weight excluding hydrogens is 386 g/mol. The highest BCUT2D eigenvalue weighted by atomic mass is 32.1. The van der Waals surface area contributed by atoms with Gasteiger partial charge in [-0.05, 0) is 52.0 Å². The zero-order valence-electron chi connectivity index (χ0n) is 13.8. The van der Waals surface area contributed by atoms with Gasteiger partial charge in [-0.2, -0.15) is 0 Å². The van der Waals surface area contributed by atoms with Crippen LogP contribution < -0.4 is 0 Å². The van der Waals surface area contributed by atoms with Crippen LogP contribution in [0.5, 0.6) is 0 Å². The van der Waals surface area contributed by atoms with E-state index < -0.39 is 16.9 Å². The van der Waals surface area contributed by atoms with Crippen molar-refractivity contribution in [3.05, 3.63) is 72.6 Å². The normalized spacial score (nSPS) is 20.1. The average molecular weight is 399 g/mol. The molecule has 1 aliphatic carbocycles. The molecule has 0 amide bonds. The van der Waals surface area contributed by atoms with Crippen LogP contribution in [0.25, 0.3) is 6.08 Å². The Hall–Kier alpha value is -2.98. The quantitative estimate of drug-likeness (QED) is 0.479. The molecular formula is C17H13N5O3S2. The number of nitro groups is 1. The van der Waals surface area contributed by atoms with Crippen molar-refractivity contribution >= 4 is 40.5 Å². The van der Waals surface area contributed by atoms with Crippen molar-refractivity contribution in [2.45, 2.75) is 18.4 Å². The largest absolute Gasteiger partial charge is 0.514 e. The molecule has 10 heteroatoms. The zero-order valence-corrected chi connectivity index (χ0v) is 15.5. The molecule has 3 heterocycles. The third kappa shape index (κ3) is 3.62. The lowest BCUT2D eigenvalue weighted by Gasteiger charge is -2.26. The van der Waals surface area contributed by atoms with E-state index in [4.69, 9.17) is 0 Å². The maximum atomic E-state index is 12.8. The van der Waals surface area contributed by atoms with Gasteiger partial charge in [0.15, 0.2) is 11.8 Å². The van der Waals surface area contributed by atoms with E-state index in [0.717, 1.165) is 20.1 Å². The van der Waals surface area contributed by atoms with E-state index in [1.54, 1.807) is 17.4 Å². The Morgan fingerprint density at radius 1 is 1.22 bits per heavy atom. The Kier molecular flexibility index (Phi) is 4.73. The monoisotopic (exact) mass is 399 g/mol. The van der Waals surface area contributed by atoms with Gasteiger partial charge < -0.3 is 10.1 Å². The van der Waals surface area contributed by atoms with Crippen LogP contribution in [0.1, 0.15) is 28.1 Å². The van der Waals surface area contributed by atoms with Crippen molar-refractivity contribution in [2.24, 2.45) is 0 Å². The van der Waals surface area contributed by atoms with Gasteiger partial charge in [0.05, 0.1) is 10.2 Å². The second-order valence-corrected chi connectivity index (χ2v) is 7.87. The predicted octanol–water partition coefficient (Wildman–Crippen LogP) is 3.64. The lowest BCUT2D eigenvalue weighted by molar-refractivity contribution is -0.394. The highest BCUT2D eigenvalue weighted by molar-refractivity contribution is 7.10. The Bertz CT molecular complexity index is 1020. The summed E-state index contributed by atoms with van der Waals surface area (Å²) in [4.78, 5) is 26.2. The molecule has 2 atom stereocenters. The lowest BCUT2D eigenvalue weighted by Crippen LogP contribution is -2.30. The highest BCUT2D eigenvalue weighted by Crippen LogP contribution is 2.40. The first-order valence-corrected chi connectivity index (χ1v) is 9.81. The SMILES string of the molecule is O=C1C=C(C=Cc2cccs2)CC(c2cccs2)C1n1nnc([N+](=O)[O-])n1. The minimum absolute atomic E-state index is 0.197. The molecule has 0 saturated carbocycles. The smallest absolute Gasteiger partial charge is 0.390 e. The first-order valence-electron chi connectivity index (χ1n) is 8.05. The van der Waals surface area contributed by atoms with Crippen molar-refractivity contribution in [3.8, 4) is 0 Å². The van der Waals surface area contributed by atoms with Gasteiger partial charge in [0.2, 0.25) is 0 Å². The molecule has 136 valence electrons. The van der Waals surface area contributed by atoms with Crippen LogP contribution in [0.15, 0.2) is 52.8 Å². The van der Waals surface area contributed by atoms with Crippen molar-refractivity contribution in [1.82, 2.24) is 20.2 Å².